The van der Waals surface area contributed by atoms with Crippen LogP contribution in [0.4, 0.5) is 5.69 Å². The zero-order valence-corrected chi connectivity index (χ0v) is 10.7. The van der Waals surface area contributed by atoms with Crippen molar-refractivity contribution in [1.82, 2.24) is 0 Å². The highest BCUT2D eigenvalue weighted by Gasteiger charge is 2.36. The zero-order chi connectivity index (χ0) is 14.7. The Morgan fingerprint density at radius 1 is 1.20 bits per heavy atom. The van der Waals surface area contributed by atoms with Crippen LogP contribution in [0.25, 0.3) is 0 Å². The summed E-state index contributed by atoms with van der Waals surface area (Å²) in [5, 5.41) is 21.4. The Morgan fingerprint density at radius 2 is 1.85 bits per heavy atom. The second-order valence-corrected chi connectivity index (χ2v) is 4.94. The minimum absolute atomic E-state index is 0.0511. The molecule has 7 heteroatoms. The summed E-state index contributed by atoms with van der Waals surface area (Å²) in [6.45, 7) is -0.325. The molecule has 0 unspecified atom stereocenters. The second-order valence-electron chi connectivity index (χ2n) is 4.94. The zero-order valence-electron chi connectivity index (χ0n) is 10.7. The van der Waals surface area contributed by atoms with E-state index >= 15 is 0 Å². The van der Waals surface area contributed by atoms with Crippen molar-refractivity contribution in [1.29, 1.82) is 0 Å². The summed E-state index contributed by atoms with van der Waals surface area (Å²) in [5.41, 5.74) is 0.555. The number of nitro benzene ring substituents is 1. The Kier molecular flexibility index (Phi) is 4.07. The molecule has 1 aromatic rings. The molecule has 1 aromatic carbocycles. The summed E-state index contributed by atoms with van der Waals surface area (Å²) in [4.78, 5) is 32.3. The van der Waals surface area contributed by atoms with Gasteiger partial charge in [0.05, 0.1) is 10.8 Å². The number of rotatable bonds is 5. The first-order valence-corrected chi connectivity index (χ1v) is 6.38. The predicted octanol–water partition coefficient (Wildman–Crippen LogP) is 2.32. The van der Waals surface area contributed by atoms with Crippen molar-refractivity contribution in [3.63, 3.8) is 0 Å². The molecule has 20 heavy (non-hydrogen) atoms. The first kappa shape index (κ1) is 14.1. The summed E-state index contributed by atoms with van der Waals surface area (Å²) < 4.78 is 0. The van der Waals surface area contributed by atoms with Crippen LogP contribution < -0.4 is 0 Å². The minimum Gasteiger partial charge on any atom is -0.299 e. The number of hydrogen-bond donors (Lipinski definition) is 0. The molecule has 2 atom stereocenters. The van der Waals surface area contributed by atoms with Crippen LogP contribution in [0.5, 0.6) is 0 Å². The maximum atomic E-state index is 11.8. The number of carbonyl (C=O) groups excluding carboxylic acids is 1. The molecule has 106 valence electrons. The largest absolute Gasteiger partial charge is 0.299 e. The van der Waals surface area contributed by atoms with Gasteiger partial charge in [-0.25, -0.2) is 0 Å². The molecule has 0 bridgehead atoms. The Morgan fingerprint density at radius 3 is 2.30 bits per heavy atom. The lowest BCUT2D eigenvalue weighted by Gasteiger charge is -2.18. The third kappa shape index (κ3) is 2.98. The van der Waals surface area contributed by atoms with Crippen molar-refractivity contribution in [2.75, 3.05) is 6.54 Å². The molecule has 0 saturated heterocycles. The topological polar surface area (TPSA) is 103 Å². The lowest BCUT2D eigenvalue weighted by atomic mass is 9.84. The molecule has 0 aromatic heterocycles. The molecule has 1 saturated carbocycles. The third-order valence-electron chi connectivity index (χ3n) is 3.72. The van der Waals surface area contributed by atoms with Gasteiger partial charge in [0, 0.05) is 29.4 Å². The first-order valence-electron chi connectivity index (χ1n) is 6.38. The summed E-state index contributed by atoms with van der Waals surface area (Å²) in [5.74, 6) is -0.794. The standard InChI is InChI=1S/C13H14N2O5/c16-13-3-1-2-11(13)12(8-14(17)18)9-4-6-10(7-5-9)15(19)20/h4-7,11-12H,1-3,8H2/t11-,12-/m0/s1. The number of benzene rings is 1. The van der Waals surface area contributed by atoms with Gasteiger partial charge in [0.1, 0.15) is 5.78 Å². The van der Waals surface area contributed by atoms with Crippen molar-refractivity contribution >= 4 is 11.5 Å². The van der Waals surface area contributed by atoms with Crippen molar-refractivity contribution in [3.05, 3.63) is 50.1 Å². The lowest BCUT2D eigenvalue weighted by molar-refractivity contribution is -0.484. The molecule has 0 spiro atoms. The number of nitrogens with zero attached hydrogens (tertiary/aromatic N) is 2. The van der Waals surface area contributed by atoms with Crippen molar-refractivity contribution in [3.8, 4) is 0 Å². The molecular formula is C13H14N2O5. The molecule has 0 heterocycles. The average molecular weight is 278 g/mol. The van der Waals surface area contributed by atoms with E-state index in [9.17, 15) is 25.0 Å². The van der Waals surface area contributed by atoms with E-state index in [0.717, 1.165) is 6.42 Å². The number of Topliss-reactive ketones (excluding diaryl/α,β-unsaturated/α-hetero) is 1. The first-order chi connectivity index (χ1) is 9.49. The van der Waals surface area contributed by atoms with E-state index in [-0.39, 0.29) is 23.9 Å². The molecule has 0 amide bonds. The van der Waals surface area contributed by atoms with Crippen molar-refractivity contribution < 1.29 is 14.6 Å². The molecule has 0 aliphatic heterocycles. The van der Waals surface area contributed by atoms with Gasteiger partial charge >= 0.3 is 0 Å². The van der Waals surface area contributed by atoms with Gasteiger partial charge in [0.15, 0.2) is 0 Å². The molecule has 1 aliphatic carbocycles. The molecular weight excluding hydrogens is 264 g/mol. The minimum atomic E-state index is -0.521. The number of carbonyl (C=O) groups is 1. The molecule has 0 radical (unpaired) electrons. The Hall–Kier alpha value is -2.31. The highest BCUT2D eigenvalue weighted by molar-refractivity contribution is 5.83. The van der Waals surface area contributed by atoms with Crippen molar-refractivity contribution in [2.45, 2.75) is 25.2 Å². The van der Waals surface area contributed by atoms with Crippen LogP contribution in [0.1, 0.15) is 30.7 Å². The molecule has 0 N–H and O–H groups in total. The highest BCUT2D eigenvalue weighted by Crippen LogP contribution is 2.35. The van der Waals surface area contributed by atoms with Crippen LogP contribution in [0, 0.1) is 26.1 Å². The second kappa shape index (κ2) is 5.77. The normalized spacial score (nSPS) is 19.8. The van der Waals surface area contributed by atoms with E-state index in [1.54, 1.807) is 0 Å². The molecule has 7 nitrogen and oxygen atoms in total. The van der Waals surface area contributed by atoms with Gasteiger partial charge in [-0.15, -0.1) is 0 Å². The van der Waals surface area contributed by atoms with E-state index < -0.39 is 15.8 Å². The number of hydrogen-bond acceptors (Lipinski definition) is 5. The molecule has 1 aliphatic rings. The SMILES string of the molecule is O=C1CCC[C@H]1[C@@H](C[N+](=O)[O-])c1ccc([N+](=O)[O-])cc1. The fourth-order valence-electron chi connectivity index (χ4n) is 2.74. The van der Waals surface area contributed by atoms with E-state index in [1.807, 2.05) is 0 Å². The lowest BCUT2D eigenvalue weighted by Crippen LogP contribution is -2.24. The quantitative estimate of drug-likeness (QED) is 0.607. The smallest absolute Gasteiger partial charge is 0.269 e. The summed E-state index contributed by atoms with van der Waals surface area (Å²) in [6.07, 6.45) is 1.87. The van der Waals surface area contributed by atoms with E-state index in [1.165, 1.54) is 24.3 Å². The number of ketones is 1. The van der Waals surface area contributed by atoms with E-state index in [4.69, 9.17) is 0 Å². The summed E-state index contributed by atoms with van der Waals surface area (Å²) >= 11 is 0. The maximum Gasteiger partial charge on any atom is 0.269 e. The Bertz CT molecular complexity index is 540. The predicted molar refractivity (Wildman–Crippen MR) is 70.0 cm³/mol. The van der Waals surface area contributed by atoms with Crippen LogP contribution in [0.15, 0.2) is 24.3 Å². The van der Waals surface area contributed by atoms with Crippen LogP contribution in [0.2, 0.25) is 0 Å². The van der Waals surface area contributed by atoms with Crippen LogP contribution in [-0.4, -0.2) is 22.2 Å². The highest BCUT2D eigenvalue weighted by atomic mass is 16.6. The summed E-state index contributed by atoms with van der Waals surface area (Å²) in [7, 11) is 0. The molecule has 2 rings (SSSR count). The fourth-order valence-corrected chi connectivity index (χ4v) is 2.74. The Labute approximate surface area is 114 Å². The summed E-state index contributed by atoms with van der Waals surface area (Å²) in [6, 6.07) is 5.67. The maximum absolute atomic E-state index is 11.8. The number of nitro groups is 2. The van der Waals surface area contributed by atoms with Gasteiger partial charge < -0.3 is 0 Å². The van der Waals surface area contributed by atoms with Crippen LogP contribution in [-0.2, 0) is 4.79 Å². The van der Waals surface area contributed by atoms with Gasteiger partial charge in [0.2, 0.25) is 6.54 Å². The Balaban J connectivity index is 2.28. The van der Waals surface area contributed by atoms with Crippen LogP contribution >= 0.6 is 0 Å². The van der Waals surface area contributed by atoms with Gasteiger partial charge in [-0.2, -0.15) is 0 Å². The van der Waals surface area contributed by atoms with Gasteiger partial charge in [-0.1, -0.05) is 12.1 Å². The van der Waals surface area contributed by atoms with Gasteiger partial charge in [-0.05, 0) is 18.4 Å². The van der Waals surface area contributed by atoms with Crippen LogP contribution in [0.3, 0.4) is 0 Å². The monoisotopic (exact) mass is 278 g/mol. The number of non-ortho nitro benzene ring substituents is 1. The van der Waals surface area contributed by atoms with E-state index in [0.29, 0.717) is 18.4 Å². The molecule has 1 fully saturated rings. The van der Waals surface area contributed by atoms with Crippen molar-refractivity contribution in [2.24, 2.45) is 5.92 Å². The average Bonchev–Trinajstić information content (AvgIpc) is 2.82. The van der Waals surface area contributed by atoms with E-state index in [2.05, 4.69) is 0 Å². The third-order valence-corrected chi connectivity index (χ3v) is 3.72. The fraction of sp³-hybridized carbons (Fsp3) is 0.462. The van der Waals surface area contributed by atoms with Gasteiger partial charge in [-0.3, -0.25) is 25.0 Å². The van der Waals surface area contributed by atoms with Gasteiger partial charge in [0.25, 0.3) is 5.69 Å².